The summed E-state index contributed by atoms with van der Waals surface area (Å²) >= 11 is 0. The number of methoxy groups -OCH3 is 1. The molecule has 1 rings (SSSR count). The van der Waals surface area contributed by atoms with Crippen LogP contribution in [0.1, 0.15) is 17.3 Å². The molecule has 0 unspecified atom stereocenters. The fourth-order valence-electron chi connectivity index (χ4n) is 1.18. The minimum Gasteiger partial charge on any atom is -0.496 e. The van der Waals surface area contributed by atoms with E-state index in [1.165, 1.54) is 19.2 Å². The Hall–Kier alpha value is -1.78. The Labute approximate surface area is 86.2 Å². The minimum absolute atomic E-state index is 0.0246. The number of carboxylic acids is 1. The van der Waals surface area contributed by atoms with Gasteiger partial charge in [-0.2, -0.15) is 0 Å². The van der Waals surface area contributed by atoms with Gasteiger partial charge in [0.1, 0.15) is 11.3 Å². The van der Waals surface area contributed by atoms with Gasteiger partial charge in [-0.1, -0.05) is 0 Å². The first-order valence-electron chi connectivity index (χ1n) is 4.34. The molecule has 5 heteroatoms. The second-order valence-electron chi connectivity index (χ2n) is 2.69. The Morgan fingerprint density at radius 3 is 2.53 bits per heavy atom. The number of benzene rings is 1. The standard InChI is InChI=1S/C10H11FO4/c1-3-15-7-5-4-6(14-2)8(9(7)11)10(12)13/h4-5H,3H2,1-2H3,(H,12,13). The van der Waals surface area contributed by atoms with Gasteiger partial charge in [0.25, 0.3) is 0 Å². The highest BCUT2D eigenvalue weighted by Crippen LogP contribution is 2.28. The molecule has 0 saturated carbocycles. The van der Waals surface area contributed by atoms with Crippen molar-refractivity contribution in [2.75, 3.05) is 13.7 Å². The van der Waals surface area contributed by atoms with Crippen molar-refractivity contribution >= 4 is 5.97 Å². The van der Waals surface area contributed by atoms with E-state index in [9.17, 15) is 9.18 Å². The number of ether oxygens (including phenoxy) is 2. The van der Waals surface area contributed by atoms with Crippen molar-refractivity contribution in [3.05, 3.63) is 23.5 Å². The average Bonchev–Trinajstić information content (AvgIpc) is 2.20. The Morgan fingerprint density at radius 2 is 2.07 bits per heavy atom. The second kappa shape index (κ2) is 4.63. The first-order chi connectivity index (χ1) is 7.11. The number of aromatic carboxylic acids is 1. The van der Waals surface area contributed by atoms with E-state index in [4.69, 9.17) is 14.6 Å². The van der Waals surface area contributed by atoms with Gasteiger partial charge in [0.05, 0.1) is 13.7 Å². The summed E-state index contributed by atoms with van der Waals surface area (Å²) in [5.74, 6) is -2.41. The van der Waals surface area contributed by atoms with Crippen molar-refractivity contribution in [1.82, 2.24) is 0 Å². The summed E-state index contributed by atoms with van der Waals surface area (Å²) in [7, 11) is 1.28. The van der Waals surface area contributed by atoms with Gasteiger partial charge < -0.3 is 14.6 Å². The van der Waals surface area contributed by atoms with E-state index in [1.54, 1.807) is 6.92 Å². The molecular weight excluding hydrogens is 203 g/mol. The molecule has 0 heterocycles. The van der Waals surface area contributed by atoms with Gasteiger partial charge in [0, 0.05) is 0 Å². The van der Waals surface area contributed by atoms with Gasteiger partial charge in [-0.25, -0.2) is 9.18 Å². The molecule has 0 bridgehead atoms. The maximum Gasteiger partial charge on any atom is 0.342 e. The van der Waals surface area contributed by atoms with E-state index in [2.05, 4.69) is 0 Å². The first kappa shape index (κ1) is 11.3. The Balaban J connectivity index is 3.29. The highest BCUT2D eigenvalue weighted by molar-refractivity contribution is 5.91. The van der Waals surface area contributed by atoms with Crippen LogP contribution in [0.15, 0.2) is 12.1 Å². The highest BCUT2D eigenvalue weighted by atomic mass is 19.1. The Kier molecular flexibility index (Phi) is 3.49. The zero-order valence-electron chi connectivity index (χ0n) is 8.41. The summed E-state index contributed by atoms with van der Waals surface area (Å²) in [6.45, 7) is 1.95. The molecule has 0 spiro atoms. The molecule has 1 aromatic rings. The summed E-state index contributed by atoms with van der Waals surface area (Å²) in [5.41, 5.74) is -0.511. The SMILES string of the molecule is CCOc1ccc(OC)c(C(=O)O)c1F. The molecule has 0 aliphatic heterocycles. The number of halogens is 1. The van der Waals surface area contributed by atoms with Gasteiger partial charge in [0.2, 0.25) is 0 Å². The zero-order chi connectivity index (χ0) is 11.4. The molecule has 0 fully saturated rings. The lowest BCUT2D eigenvalue weighted by Gasteiger charge is -2.09. The average molecular weight is 214 g/mol. The molecule has 0 saturated heterocycles. The monoisotopic (exact) mass is 214 g/mol. The lowest BCUT2D eigenvalue weighted by atomic mass is 10.1. The van der Waals surface area contributed by atoms with Crippen LogP contribution in [0, 0.1) is 5.82 Å². The lowest BCUT2D eigenvalue weighted by Crippen LogP contribution is -2.06. The van der Waals surface area contributed by atoms with Gasteiger partial charge >= 0.3 is 5.97 Å². The van der Waals surface area contributed by atoms with Crippen LogP contribution in [0.3, 0.4) is 0 Å². The van der Waals surface area contributed by atoms with Crippen molar-refractivity contribution in [1.29, 1.82) is 0 Å². The van der Waals surface area contributed by atoms with Crippen LogP contribution >= 0.6 is 0 Å². The predicted molar refractivity (Wildman–Crippen MR) is 51.1 cm³/mol. The van der Waals surface area contributed by atoms with E-state index >= 15 is 0 Å². The molecule has 82 valence electrons. The number of carboxylic acid groups (broad SMARTS) is 1. The van der Waals surface area contributed by atoms with Crippen molar-refractivity contribution in [2.45, 2.75) is 6.92 Å². The molecule has 0 amide bonds. The highest BCUT2D eigenvalue weighted by Gasteiger charge is 2.20. The quantitative estimate of drug-likeness (QED) is 0.832. The number of hydrogen-bond acceptors (Lipinski definition) is 3. The summed E-state index contributed by atoms with van der Waals surface area (Å²) in [6, 6.07) is 2.70. The molecule has 0 atom stereocenters. The normalized spacial score (nSPS) is 9.80. The number of carbonyl (C=O) groups is 1. The predicted octanol–water partition coefficient (Wildman–Crippen LogP) is 1.93. The molecule has 0 aliphatic carbocycles. The third kappa shape index (κ3) is 2.18. The first-order valence-corrected chi connectivity index (χ1v) is 4.34. The van der Waals surface area contributed by atoms with E-state index in [0.29, 0.717) is 0 Å². The van der Waals surface area contributed by atoms with Gasteiger partial charge in [-0.3, -0.25) is 0 Å². The van der Waals surface area contributed by atoms with Crippen LogP contribution in [0.5, 0.6) is 11.5 Å². The van der Waals surface area contributed by atoms with Crippen molar-refractivity contribution in [2.24, 2.45) is 0 Å². The molecule has 4 nitrogen and oxygen atoms in total. The smallest absolute Gasteiger partial charge is 0.342 e. The molecule has 0 aromatic heterocycles. The van der Waals surface area contributed by atoms with E-state index in [0.717, 1.165) is 0 Å². The third-order valence-electron chi connectivity index (χ3n) is 1.80. The van der Waals surface area contributed by atoms with Crippen LogP contribution in [0.4, 0.5) is 4.39 Å². The zero-order valence-corrected chi connectivity index (χ0v) is 8.41. The van der Waals surface area contributed by atoms with Crippen LogP contribution in [0.2, 0.25) is 0 Å². The topological polar surface area (TPSA) is 55.8 Å². The molecule has 1 aromatic carbocycles. The Bertz CT molecular complexity index is 376. The summed E-state index contributed by atoms with van der Waals surface area (Å²) < 4.78 is 23.2. The van der Waals surface area contributed by atoms with Gasteiger partial charge in [-0.05, 0) is 19.1 Å². The molecule has 15 heavy (non-hydrogen) atoms. The maximum absolute atomic E-state index is 13.6. The van der Waals surface area contributed by atoms with Crippen LogP contribution < -0.4 is 9.47 Å². The van der Waals surface area contributed by atoms with Crippen molar-refractivity contribution < 1.29 is 23.8 Å². The van der Waals surface area contributed by atoms with Crippen molar-refractivity contribution in [3.63, 3.8) is 0 Å². The van der Waals surface area contributed by atoms with Crippen LogP contribution in [0.25, 0.3) is 0 Å². The van der Waals surface area contributed by atoms with E-state index in [1.807, 2.05) is 0 Å². The maximum atomic E-state index is 13.6. The fraction of sp³-hybridized carbons (Fsp3) is 0.300. The molecule has 1 N–H and O–H groups in total. The summed E-state index contributed by atoms with van der Waals surface area (Å²) in [6.07, 6.45) is 0. The van der Waals surface area contributed by atoms with E-state index in [-0.39, 0.29) is 18.1 Å². The van der Waals surface area contributed by atoms with Crippen LogP contribution in [-0.4, -0.2) is 24.8 Å². The fourth-order valence-corrected chi connectivity index (χ4v) is 1.18. The van der Waals surface area contributed by atoms with E-state index < -0.39 is 17.3 Å². The minimum atomic E-state index is -1.38. The summed E-state index contributed by atoms with van der Waals surface area (Å²) in [5, 5.41) is 8.79. The van der Waals surface area contributed by atoms with Gasteiger partial charge in [0.15, 0.2) is 11.6 Å². The largest absolute Gasteiger partial charge is 0.496 e. The second-order valence-corrected chi connectivity index (χ2v) is 2.69. The molecular formula is C10H11FO4. The van der Waals surface area contributed by atoms with Crippen LogP contribution in [-0.2, 0) is 0 Å². The molecule has 0 aliphatic rings. The Morgan fingerprint density at radius 1 is 1.47 bits per heavy atom. The third-order valence-corrected chi connectivity index (χ3v) is 1.80. The van der Waals surface area contributed by atoms with Crippen molar-refractivity contribution in [3.8, 4) is 11.5 Å². The number of rotatable bonds is 4. The lowest BCUT2D eigenvalue weighted by molar-refractivity contribution is 0.0687. The summed E-state index contributed by atoms with van der Waals surface area (Å²) in [4.78, 5) is 10.8. The molecule has 0 radical (unpaired) electrons. The van der Waals surface area contributed by atoms with Gasteiger partial charge in [-0.15, -0.1) is 0 Å². The number of hydrogen-bond donors (Lipinski definition) is 1.